The summed E-state index contributed by atoms with van der Waals surface area (Å²) in [6, 6.07) is 19.2. The van der Waals surface area contributed by atoms with E-state index in [2.05, 4.69) is 16.3 Å². The van der Waals surface area contributed by atoms with E-state index in [0.717, 1.165) is 48.3 Å². The zero-order valence-electron chi connectivity index (χ0n) is 18.6. The Hall–Kier alpha value is -3.02. The van der Waals surface area contributed by atoms with Gasteiger partial charge in [0.1, 0.15) is 0 Å². The number of carbonyl (C=O) groups excluding carboxylic acids is 1. The fourth-order valence-electron chi connectivity index (χ4n) is 4.38. The molecule has 1 saturated heterocycles. The van der Waals surface area contributed by atoms with E-state index in [1.807, 2.05) is 18.2 Å². The molecule has 0 radical (unpaired) electrons. The number of hydrogen-bond acceptors (Lipinski definition) is 3. The third kappa shape index (κ3) is 5.72. The Morgan fingerprint density at radius 2 is 1.62 bits per heavy atom. The summed E-state index contributed by atoms with van der Waals surface area (Å²) in [5.41, 5.74) is 3.68. The number of rotatable bonds is 7. The fraction of sp³-hybridized carbons (Fsp3) is 0.259. The molecule has 0 bridgehead atoms. The van der Waals surface area contributed by atoms with Crippen LogP contribution in [0.3, 0.4) is 0 Å². The van der Waals surface area contributed by atoms with E-state index in [0.29, 0.717) is 10.0 Å². The molecule has 4 rings (SSSR count). The van der Waals surface area contributed by atoms with Crippen molar-refractivity contribution in [1.82, 2.24) is 5.32 Å². The van der Waals surface area contributed by atoms with Crippen LogP contribution in [0.2, 0.25) is 10.0 Å². The molecule has 1 aliphatic heterocycles. The second kappa shape index (κ2) is 10.9. The molecule has 0 aromatic heterocycles. The topological polar surface area (TPSA) is 69.6 Å². The number of amides is 1. The Labute approximate surface area is 209 Å². The highest BCUT2D eigenvalue weighted by Crippen LogP contribution is 2.36. The number of carbonyl (C=O) groups is 2. The summed E-state index contributed by atoms with van der Waals surface area (Å²) in [7, 11) is 0. The van der Waals surface area contributed by atoms with Crippen molar-refractivity contribution in [2.24, 2.45) is 0 Å². The quantitative estimate of drug-likeness (QED) is 0.412. The summed E-state index contributed by atoms with van der Waals surface area (Å²) in [6.07, 6.45) is 3.60. The zero-order chi connectivity index (χ0) is 24.1. The van der Waals surface area contributed by atoms with E-state index in [1.54, 1.807) is 30.3 Å². The lowest BCUT2D eigenvalue weighted by atomic mass is 9.95. The maximum Gasteiger partial charge on any atom is 0.335 e. The lowest BCUT2D eigenvalue weighted by Gasteiger charge is -2.33. The van der Waals surface area contributed by atoms with Crippen molar-refractivity contribution >= 4 is 40.8 Å². The number of carboxylic acids is 1. The molecule has 1 atom stereocenters. The summed E-state index contributed by atoms with van der Waals surface area (Å²) in [4.78, 5) is 26.6. The van der Waals surface area contributed by atoms with Gasteiger partial charge in [0.25, 0.3) is 0 Å². The average Bonchev–Trinajstić information content (AvgIpc) is 2.85. The lowest BCUT2D eigenvalue weighted by Crippen LogP contribution is -2.34. The Morgan fingerprint density at radius 3 is 2.32 bits per heavy atom. The molecule has 5 nitrogen and oxygen atoms in total. The van der Waals surface area contributed by atoms with Crippen molar-refractivity contribution in [2.45, 2.75) is 31.7 Å². The van der Waals surface area contributed by atoms with Crippen molar-refractivity contribution in [3.05, 3.63) is 99.0 Å². The van der Waals surface area contributed by atoms with Crippen molar-refractivity contribution < 1.29 is 14.7 Å². The molecule has 3 aromatic rings. The number of nitrogens with zero attached hydrogens (tertiary/aromatic N) is 1. The van der Waals surface area contributed by atoms with Crippen LogP contribution in [0.1, 0.15) is 52.4 Å². The third-order valence-electron chi connectivity index (χ3n) is 6.08. The molecule has 1 fully saturated rings. The number of anilines is 1. The number of hydrogen-bond donors (Lipinski definition) is 2. The Balaban J connectivity index is 1.66. The van der Waals surface area contributed by atoms with E-state index in [-0.39, 0.29) is 17.9 Å². The first kappa shape index (κ1) is 24.1. The van der Waals surface area contributed by atoms with Gasteiger partial charge in [0, 0.05) is 34.4 Å². The van der Waals surface area contributed by atoms with Crippen molar-refractivity contribution in [3.63, 3.8) is 0 Å². The van der Waals surface area contributed by atoms with Crippen LogP contribution in [0.15, 0.2) is 66.7 Å². The van der Waals surface area contributed by atoms with Gasteiger partial charge in [-0.3, -0.25) is 4.79 Å². The molecule has 0 aliphatic carbocycles. The summed E-state index contributed by atoms with van der Waals surface area (Å²) in [5.74, 6) is -1.20. The summed E-state index contributed by atoms with van der Waals surface area (Å²) in [5, 5.41) is 13.3. The summed E-state index contributed by atoms with van der Waals surface area (Å²) < 4.78 is 0. The van der Waals surface area contributed by atoms with Gasteiger partial charge in [-0.25, -0.2) is 4.79 Å². The molecule has 176 valence electrons. The van der Waals surface area contributed by atoms with Gasteiger partial charge in [0.2, 0.25) is 5.91 Å². The Morgan fingerprint density at radius 1 is 0.912 bits per heavy atom. The molecule has 1 aliphatic rings. The summed E-state index contributed by atoms with van der Waals surface area (Å²) in [6.45, 7) is 1.94. The van der Waals surface area contributed by atoms with Crippen LogP contribution in [0, 0.1) is 0 Å². The van der Waals surface area contributed by atoms with E-state index >= 15 is 0 Å². The largest absolute Gasteiger partial charge is 0.478 e. The van der Waals surface area contributed by atoms with Gasteiger partial charge in [0.05, 0.1) is 18.0 Å². The van der Waals surface area contributed by atoms with E-state index < -0.39 is 12.0 Å². The molecule has 7 heteroatoms. The number of para-hydroxylation sites is 1. The predicted octanol–water partition coefficient (Wildman–Crippen LogP) is 6.13. The number of halogens is 2. The van der Waals surface area contributed by atoms with E-state index in [1.165, 1.54) is 18.6 Å². The third-order valence-corrected chi connectivity index (χ3v) is 6.66. The lowest BCUT2D eigenvalue weighted by molar-refractivity contribution is -0.120. The molecular weight excluding hydrogens is 471 g/mol. The zero-order valence-corrected chi connectivity index (χ0v) is 20.1. The first-order valence-corrected chi connectivity index (χ1v) is 12.1. The van der Waals surface area contributed by atoms with Crippen LogP contribution in [0.5, 0.6) is 0 Å². The highest BCUT2D eigenvalue weighted by molar-refractivity contribution is 6.33. The molecule has 3 aromatic carbocycles. The highest BCUT2D eigenvalue weighted by atomic mass is 35.5. The molecule has 0 saturated carbocycles. The predicted molar refractivity (Wildman–Crippen MR) is 136 cm³/mol. The molecule has 1 heterocycles. The second-order valence-electron chi connectivity index (χ2n) is 8.45. The van der Waals surface area contributed by atoms with Gasteiger partial charge in [-0.2, -0.15) is 0 Å². The molecule has 1 amide bonds. The number of nitrogens with one attached hydrogen (secondary N) is 1. The van der Waals surface area contributed by atoms with Crippen molar-refractivity contribution in [1.29, 1.82) is 0 Å². The van der Waals surface area contributed by atoms with Crippen molar-refractivity contribution in [2.75, 3.05) is 18.0 Å². The van der Waals surface area contributed by atoms with Crippen LogP contribution >= 0.6 is 23.2 Å². The monoisotopic (exact) mass is 496 g/mol. The minimum absolute atomic E-state index is 0.112. The molecule has 2 N–H and O–H groups in total. The molecule has 1 unspecified atom stereocenters. The van der Waals surface area contributed by atoms with Crippen LogP contribution in [0.25, 0.3) is 0 Å². The normalized spacial score (nSPS) is 14.5. The van der Waals surface area contributed by atoms with E-state index in [4.69, 9.17) is 28.3 Å². The van der Waals surface area contributed by atoms with Gasteiger partial charge in [-0.05, 0) is 66.8 Å². The number of piperidine rings is 1. The maximum absolute atomic E-state index is 13.2. The maximum atomic E-state index is 13.2. The summed E-state index contributed by atoms with van der Waals surface area (Å²) >= 11 is 12.9. The van der Waals surface area contributed by atoms with Gasteiger partial charge in [-0.1, -0.05) is 53.5 Å². The van der Waals surface area contributed by atoms with Gasteiger partial charge in [-0.15, -0.1) is 0 Å². The first-order chi connectivity index (χ1) is 16.4. The van der Waals surface area contributed by atoms with Crippen LogP contribution in [0.4, 0.5) is 5.69 Å². The average molecular weight is 497 g/mol. The molecule has 34 heavy (non-hydrogen) atoms. The molecular formula is C27H26Cl2N2O3. The van der Waals surface area contributed by atoms with Crippen LogP contribution < -0.4 is 10.2 Å². The van der Waals surface area contributed by atoms with Crippen LogP contribution in [-0.2, 0) is 11.2 Å². The Kier molecular flexibility index (Phi) is 7.76. The Bertz CT molecular complexity index is 1170. The van der Waals surface area contributed by atoms with E-state index in [9.17, 15) is 9.59 Å². The number of aromatic carboxylic acids is 1. The second-order valence-corrected chi connectivity index (χ2v) is 9.30. The standard InChI is InChI=1S/C27H26Cl2N2O3/c28-20-12-13-23(29)22(17-20)26(21-6-2-3-7-24(21)31-14-4-1-5-15-31)30-25(32)16-18-8-10-19(11-9-18)27(33)34/h2-3,6-13,17,26H,1,4-5,14-16H2,(H,30,32)(H,33,34). The van der Waals surface area contributed by atoms with Gasteiger partial charge >= 0.3 is 5.97 Å². The smallest absolute Gasteiger partial charge is 0.335 e. The van der Waals surface area contributed by atoms with Gasteiger partial charge in [0.15, 0.2) is 0 Å². The number of benzene rings is 3. The van der Waals surface area contributed by atoms with Crippen molar-refractivity contribution in [3.8, 4) is 0 Å². The first-order valence-electron chi connectivity index (χ1n) is 11.3. The fourth-order valence-corrected chi connectivity index (χ4v) is 4.78. The highest BCUT2D eigenvalue weighted by Gasteiger charge is 2.25. The minimum Gasteiger partial charge on any atom is -0.478 e. The van der Waals surface area contributed by atoms with Gasteiger partial charge < -0.3 is 15.3 Å². The minimum atomic E-state index is -0.999. The SMILES string of the molecule is O=C(Cc1ccc(C(=O)O)cc1)NC(c1cc(Cl)ccc1Cl)c1ccccc1N1CCCCC1. The van der Waals surface area contributed by atoms with Crippen LogP contribution in [-0.4, -0.2) is 30.1 Å². The molecule has 0 spiro atoms. The number of carboxylic acid groups (broad SMARTS) is 1.